The zero-order chi connectivity index (χ0) is 19.1. The van der Waals surface area contributed by atoms with Crippen LogP contribution in [0.5, 0.6) is 11.5 Å². The fourth-order valence-electron chi connectivity index (χ4n) is 3.27. The molecule has 0 saturated heterocycles. The van der Waals surface area contributed by atoms with Gasteiger partial charge in [0.15, 0.2) is 11.5 Å². The first-order valence-corrected chi connectivity index (χ1v) is 8.28. The third-order valence-corrected chi connectivity index (χ3v) is 4.54. The number of hydrogen-bond acceptors (Lipinski definition) is 7. The molecular formula is C20H17NO6. The van der Waals surface area contributed by atoms with Crippen molar-refractivity contribution in [1.29, 1.82) is 0 Å². The summed E-state index contributed by atoms with van der Waals surface area (Å²) in [5.41, 5.74) is 2.51. The third-order valence-electron chi connectivity index (χ3n) is 4.54. The highest BCUT2D eigenvalue weighted by Crippen LogP contribution is 2.42. The molecule has 0 amide bonds. The Hall–Kier alpha value is -3.48. The summed E-state index contributed by atoms with van der Waals surface area (Å²) < 4.78 is 21.3. The number of nitrogens with one attached hydrogen (secondary N) is 1. The SMILES string of the molecule is COc1ccc2c(c1OC)C(=O)O[C@H]2Nc1ccc2c(C)cc(=O)oc2c1. The lowest BCUT2D eigenvalue weighted by molar-refractivity contribution is 0.0435. The van der Waals surface area contributed by atoms with Gasteiger partial charge in [-0.3, -0.25) is 0 Å². The van der Waals surface area contributed by atoms with Crippen LogP contribution in [0.25, 0.3) is 11.0 Å². The fourth-order valence-corrected chi connectivity index (χ4v) is 3.27. The topological polar surface area (TPSA) is 87.0 Å². The van der Waals surface area contributed by atoms with Gasteiger partial charge in [-0.1, -0.05) is 0 Å². The van der Waals surface area contributed by atoms with Crippen LogP contribution in [-0.4, -0.2) is 20.2 Å². The quantitative estimate of drug-likeness (QED) is 0.558. The van der Waals surface area contributed by atoms with Crippen LogP contribution in [0.15, 0.2) is 45.6 Å². The number of hydrogen-bond donors (Lipinski definition) is 1. The van der Waals surface area contributed by atoms with E-state index in [1.165, 1.54) is 20.3 Å². The van der Waals surface area contributed by atoms with Gasteiger partial charge >= 0.3 is 11.6 Å². The molecule has 4 rings (SSSR count). The van der Waals surface area contributed by atoms with Crippen molar-refractivity contribution >= 4 is 22.6 Å². The Balaban J connectivity index is 1.72. The Kier molecular flexibility index (Phi) is 3.99. The average Bonchev–Trinajstić information content (AvgIpc) is 2.96. The maximum absolute atomic E-state index is 12.4. The first kappa shape index (κ1) is 17.0. The van der Waals surface area contributed by atoms with E-state index in [-0.39, 0.29) is 0 Å². The van der Waals surface area contributed by atoms with Crippen molar-refractivity contribution in [2.24, 2.45) is 0 Å². The molecule has 1 aliphatic heterocycles. The number of anilines is 1. The Bertz CT molecular complexity index is 1120. The van der Waals surface area contributed by atoms with Gasteiger partial charge in [0.05, 0.1) is 14.2 Å². The van der Waals surface area contributed by atoms with Crippen LogP contribution in [0.4, 0.5) is 5.69 Å². The summed E-state index contributed by atoms with van der Waals surface area (Å²) in [5, 5.41) is 3.99. The Morgan fingerprint density at radius 2 is 1.85 bits per heavy atom. The van der Waals surface area contributed by atoms with Gasteiger partial charge < -0.3 is 23.9 Å². The van der Waals surface area contributed by atoms with E-state index in [1.807, 2.05) is 19.1 Å². The van der Waals surface area contributed by atoms with Crippen molar-refractivity contribution < 1.29 is 23.4 Å². The summed E-state index contributed by atoms with van der Waals surface area (Å²) >= 11 is 0. The lowest BCUT2D eigenvalue weighted by atomic mass is 10.1. The summed E-state index contributed by atoms with van der Waals surface area (Å²) in [5.74, 6) is 0.294. The van der Waals surface area contributed by atoms with Gasteiger partial charge in [-0.15, -0.1) is 0 Å². The maximum Gasteiger partial charge on any atom is 0.344 e. The summed E-state index contributed by atoms with van der Waals surface area (Å²) in [6.07, 6.45) is -0.693. The molecule has 0 spiro atoms. The zero-order valence-corrected chi connectivity index (χ0v) is 15.0. The van der Waals surface area contributed by atoms with Crippen molar-refractivity contribution in [3.05, 3.63) is 63.5 Å². The van der Waals surface area contributed by atoms with E-state index in [2.05, 4.69) is 5.32 Å². The highest BCUT2D eigenvalue weighted by molar-refractivity contribution is 5.98. The molecule has 1 atom stereocenters. The Morgan fingerprint density at radius 1 is 1.04 bits per heavy atom. The van der Waals surface area contributed by atoms with Crippen LogP contribution in [0.2, 0.25) is 0 Å². The van der Waals surface area contributed by atoms with Gasteiger partial charge in [0.25, 0.3) is 0 Å². The monoisotopic (exact) mass is 367 g/mol. The molecule has 1 aliphatic rings. The molecule has 138 valence electrons. The number of methoxy groups -OCH3 is 2. The van der Waals surface area contributed by atoms with Gasteiger partial charge in [-0.2, -0.15) is 0 Å². The van der Waals surface area contributed by atoms with Gasteiger partial charge in [-0.05, 0) is 36.8 Å². The predicted molar refractivity (Wildman–Crippen MR) is 98.5 cm³/mol. The molecule has 3 aromatic rings. The molecule has 7 heteroatoms. The molecule has 0 aliphatic carbocycles. The van der Waals surface area contributed by atoms with Crippen LogP contribution in [-0.2, 0) is 4.74 Å². The van der Waals surface area contributed by atoms with E-state index in [9.17, 15) is 9.59 Å². The summed E-state index contributed by atoms with van der Waals surface area (Å²) in [4.78, 5) is 24.0. The van der Waals surface area contributed by atoms with Crippen LogP contribution in [0.3, 0.4) is 0 Å². The van der Waals surface area contributed by atoms with Crippen molar-refractivity contribution in [3.63, 3.8) is 0 Å². The first-order chi connectivity index (χ1) is 13.0. The van der Waals surface area contributed by atoms with E-state index < -0.39 is 17.8 Å². The number of esters is 1. The summed E-state index contributed by atoms with van der Waals surface area (Å²) in [6.45, 7) is 1.85. The predicted octanol–water partition coefficient (Wildman–Crippen LogP) is 3.40. The number of rotatable bonds is 4. The molecule has 7 nitrogen and oxygen atoms in total. The number of aryl methyl sites for hydroxylation is 1. The number of fused-ring (bicyclic) bond motifs is 2. The fraction of sp³-hybridized carbons (Fsp3) is 0.200. The molecular weight excluding hydrogens is 350 g/mol. The van der Waals surface area contributed by atoms with Gasteiger partial charge in [0, 0.05) is 28.8 Å². The van der Waals surface area contributed by atoms with Gasteiger partial charge in [0.2, 0.25) is 6.23 Å². The lowest BCUT2D eigenvalue weighted by Crippen LogP contribution is -2.10. The largest absolute Gasteiger partial charge is 0.493 e. The second kappa shape index (κ2) is 6.35. The van der Waals surface area contributed by atoms with Gasteiger partial charge in [-0.25, -0.2) is 9.59 Å². The molecule has 2 aromatic carbocycles. The summed E-state index contributed by atoms with van der Waals surface area (Å²) in [7, 11) is 2.98. The standard InChI is InChI=1S/C20H17NO6/c1-10-8-16(22)26-15-9-11(4-5-12(10)15)21-19-13-6-7-14(24-2)18(25-3)17(13)20(23)27-19/h4-9,19,21H,1-3H3/t19-/m1/s1. The molecule has 2 heterocycles. The number of cyclic esters (lactones) is 1. The molecule has 0 saturated carbocycles. The van der Waals surface area contributed by atoms with Crippen LogP contribution >= 0.6 is 0 Å². The maximum atomic E-state index is 12.4. The van der Waals surface area contributed by atoms with E-state index in [0.717, 1.165) is 10.9 Å². The molecule has 1 aromatic heterocycles. The molecule has 1 N–H and O–H groups in total. The minimum absolute atomic E-state index is 0.331. The second-order valence-electron chi connectivity index (χ2n) is 6.15. The molecule has 0 radical (unpaired) electrons. The smallest absolute Gasteiger partial charge is 0.344 e. The molecule has 0 fully saturated rings. The van der Waals surface area contributed by atoms with E-state index >= 15 is 0 Å². The van der Waals surface area contributed by atoms with Crippen molar-refractivity contribution in [2.75, 3.05) is 19.5 Å². The van der Waals surface area contributed by atoms with Crippen molar-refractivity contribution in [2.45, 2.75) is 13.2 Å². The first-order valence-electron chi connectivity index (χ1n) is 8.28. The number of carbonyl (C=O) groups is 1. The minimum atomic E-state index is -0.693. The van der Waals surface area contributed by atoms with Crippen molar-refractivity contribution in [1.82, 2.24) is 0 Å². The second-order valence-corrected chi connectivity index (χ2v) is 6.15. The van der Waals surface area contributed by atoms with Crippen molar-refractivity contribution in [3.8, 4) is 11.5 Å². The van der Waals surface area contributed by atoms with Gasteiger partial charge in [0.1, 0.15) is 11.1 Å². The highest BCUT2D eigenvalue weighted by atomic mass is 16.6. The lowest BCUT2D eigenvalue weighted by Gasteiger charge is -2.15. The Labute approximate surface area is 154 Å². The van der Waals surface area contributed by atoms with E-state index in [1.54, 1.807) is 18.2 Å². The van der Waals surface area contributed by atoms with Crippen LogP contribution < -0.4 is 20.4 Å². The van der Waals surface area contributed by atoms with E-state index in [4.69, 9.17) is 18.6 Å². The number of carbonyl (C=O) groups excluding carboxylic acids is 1. The minimum Gasteiger partial charge on any atom is -0.493 e. The van der Waals surface area contributed by atoms with Crippen LogP contribution in [0, 0.1) is 6.92 Å². The zero-order valence-electron chi connectivity index (χ0n) is 15.0. The highest BCUT2D eigenvalue weighted by Gasteiger charge is 2.35. The molecule has 27 heavy (non-hydrogen) atoms. The van der Waals surface area contributed by atoms with Crippen LogP contribution in [0.1, 0.15) is 27.7 Å². The molecule has 0 bridgehead atoms. The number of benzene rings is 2. The molecule has 0 unspecified atom stereocenters. The average molecular weight is 367 g/mol. The third kappa shape index (κ3) is 2.77. The normalized spacial score (nSPS) is 15.4. The number of ether oxygens (including phenoxy) is 3. The Morgan fingerprint density at radius 3 is 2.59 bits per heavy atom. The van der Waals surface area contributed by atoms with E-state index in [0.29, 0.717) is 33.9 Å². The summed E-state index contributed by atoms with van der Waals surface area (Å²) in [6, 6.07) is 10.3.